The van der Waals surface area contributed by atoms with Gasteiger partial charge in [-0.25, -0.2) is 9.37 Å². The van der Waals surface area contributed by atoms with E-state index in [1.165, 1.54) is 13.2 Å². The highest BCUT2D eigenvalue weighted by Crippen LogP contribution is 2.25. The van der Waals surface area contributed by atoms with Crippen LogP contribution in [-0.4, -0.2) is 59.4 Å². The van der Waals surface area contributed by atoms with Crippen molar-refractivity contribution in [2.24, 2.45) is 0 Å². The fourth-order valence-electron chi connectivity index (χ4n) is 4.09. The van der Waals surface area contributed by atoms with E-state index in [2.05, 4.69) is 52.5 Å². The summed E-state index contributed by atoms with van der Waals surface area (Å²) in [5, 5.41) is 10.4. The van der Waals surface area contributed by atoms with E-state index >= 15 is 0 Å². The van der Waals surface area contributed by atoms with Crippen molar-refractivity contribution < 1.29 is 13.9 Å². The number of ether oxygens (including phenoxy) is 1. The van der Waals surface area contributed by atoms with E-state index < -0.39 is 5.82 Å². The summed E-state index contributed by atoms with van der Waals surface area (Å²) >= 11 is 0. The molecule has 0 radical (unpaired) electrons. The van der Waals surface area contributed by atoms with Crippen LogP contribution in [0.15, 0.2) is 36.8 Å². The van der Waals surface area contributed by atoms with Gasteiger partial charge in [0.05, 0.1) is 25.5 Å². The second kappa shape index (κ2) is 13.0. The van der Waals surface area contributed by atoms with E-state index in [1.54, 1.807) is 13.1 Å². The van der Waals surface area contributed by atoms with Crippen LogP contribution in [0.3, 0.4) is 0 Å². The SMILES string of the molecule is CCc1cc(CCc2cc(C(=O)NC)cc(OC)c2F)cnc1Nc1cnn(CCN(CC)CC)c1. The van der Waals surface area contributed by atoms with Crippen molar-refractivity contribution >= 4 is 17.4 Å². The minimum atomic E-state index is -0.440. The molecule has 0 aliphatic rings. The zero-order chi connectivity index (χ0) is 26.1. The van der Waals surface area contributed by atoms with E-state index in [4.69, 9.17) is 4.74 Å². The van der Waals surface area contributed by atoms with Gasteiger partial charge >= 0.3 is 0 Å². The number of methoxy groups -OCH3 is 1. The number of carbonyl (C=O) groups is 1. The number of nitrogens with zero attached hydrogens (tertiary/aromatic N) is 4. The van der Waals surface area contributed by atoms with Gasteiger partial charge in [0, 0.05) is 31.5 Å². The van der Waals surface area contributed by atoms with Gasteiger partial charge in [0.15, 0.2) is 11.6 Å². The Kier molecular flexibility index (Phi) is 9.81. The molecule has 0 fully saturated rings. The van der Waals surface area contributed by atoms with Gasteiger partial charge in [0.1, 0.15) is 5.82 Å². The number of aryl methyl sites for hydroxylation is 3. The Morgan fingerprint density at radius 3 is 2.56 bits per heavy atom. The molecule has 8 nitrogen and oxygen atoms in total. The fraction of sp³-hybridized carbons (Fsp3) is 0.444. The number of benzene rings is 1. The molecule has 0 saturated carbocycles. The van der Waals surface area contributed by atoms with E-state index in [1.807, 2.05) is 23.3 Å². The standard InChI is InChI=1S/C27H37FN6O2/c1-6-20-13-19(9-10-21-14-22(27(35)29-4)15-24(36-5)25(21)28)16-30-26(20)32-23-17-31-34(18-23)12-11-33(7-2)8-3/h13-18H,6-12H2,1-5H3,(H,29,35)(H,30,32). The monoisotopic (exact) mass is 496 g/mol. The number of pyridine rings is 1. The van der Waals surface area contributed by atoms with Crippen LogP contribution in [-0.2, 0) is 25.8 Å². The van der Waals surface area contributed by atoms with Crippen molar-refractivity contribution in [2.75, 3.05) is 39.1 Å². The van der Waals surface area contributed by atoms with Gasteiger partial charge in [-0.1, -0.05) is 26.8 Å². The van der Waals surface area contributed by atoms with E-state index in [9.17, 15) is 9.18 Å². The molecule has 3 rings (SSSR count). The topological polar surface area (TPSA) is 84.3 Å². The lowest BCUT2D eigenvalue weighted by Gasteiger charge is -2.17. The van der Waals surface area contributed by atoms with Gasteiger partial charge in [0.25, 0.3) is 5.91 Å². The van der Waals surface area contributed by atoms with Crippen molar-refractivity contribution in [3.63, 3.8) is 0 Å². The van der Waals surface area contributed by atoms with Crippen molar-refractivity contribution in [3.8, 4) is 5.75 Å². The molecule has 2 N–H and O–H groups in total. The highest BCUT2D eigenvalue weighted by molar-refractivity contribution is 5.94. The van der Waals surface area contributed by atoms with Gasteiger partial charge in [-0.3, -0.25) is 9.48 Å². The average Bonchev–Trinajstić information content (AvgIpc) is 3.35. The third kappa shape index (κ3) is 6.81. The maximum absolute atomic E-state index is 14.8. The molecule has 2 aromatic heterocycles. The first-order valence-electron chi connectivity index (χ1n) is 12.5. The number of amides is 1. The van der Waals surface area contributed by atoms with Crippen LogP contribution in [0, 0.1) is 5.82 Å². The van der Waals surface area contributed by atoms with Crippen LogP contribution in [0.1, 0.15) is 47.8 Å². The fourth-order valence-corrected chi connectivity index (χ4v) is 4.09. The van der Waals surface area contributed by atoms with Crippen molar-refractivity contribution in [2.45, 2.75) is 46.6 Å². The summed E-state index contributed by atoms with van der Waals surface area (Å²) in [6.45, 7) is 10.2. The molecule has 0 bridgehead atoms. The van der Waals surface area contributed by atoms with Crippen LogP contribution >= 0.6 is 0 Å². The van der Waals surface area contributed by atoms with Gasteiger partial charge in [0.2, 0.25) is 0 Å². The Balaban J connectivity index is 1.69. The molecule has 36 heavy (non-hydrogen) atoms. The summed E-state index contributed by atoms with van der Waals surface area (Å²) in [5.41, 5.74) is 3.77. The molecule has 0 aliphatic carbocycles. The van der Waals surface area contributed by atoms with E-state index in [0.29, 0.717) is 24.0 Å². The number of rotatable bonds is 13. The predicted octanol–water partition coefficient (Wildman–Crippen LogP) is 4.22. The molecule has 1 aromatic carbocycles. The first-order chi connectivity index (χ1) is 17.4. The molecule has 0 saturated heterocycles. The molecule has 194 valence electrons. The lowest BCUT2D eigenvalue weighted by Crippen LogP contribution is -2.27. The molecular weight excluding hydrogens is 459 g/mol. The third-order valence-corrected chi connectivity index (χ3v) is 6.35. The molecule has 3 aromatic rings. The maximum Gasteiger partial charge on any atom is 0.251 e. The Morgan fingerprint density at radius 1 is 1.11 bits per heavy atom. The number of anilines is 2. The molecular formula is C27H37FN6O2. The molecule has 0 aliphatic heterocycles. The number of hydrogen-bond acceptors (Lipinski definition) is 6. The number of halogens is 1. The number of likely N-dealkylation sites (N-methyl/N-ethyl adjacent to an activating group) is 1. The van der Waals surface area contributed by atoms with Crippen LogP contribution in [0.2, 0.25) is 0 Å². The lowest BCUT2D eigenvalue weighted by molar-refractivity contribution is 0.0962. The molecule has 0 atom stereocenters. The van der Waals surface area contributed by atoms with Crippen molar-refractivity contribution in [3.05, 3.63) is 64.9 Å². The summed E-state index contributed by atoms with van der Waals surface area (Å²) in [5.74, 6) is 0.135. The largest absolute Gasteiger partial charge is 0.494 e. The first kappa shape index (κ1) is 27.1. The van der Waals surface area contributed by atoms with Gasteiger partial charge in [-0.2, -0.15) is 5.10 Å². The molecule has 9 heteroatoms. The average molecular weight is 497 g/mol. The van der Waals surface area contributed by atoms with Crippen molar-refractivity contribution in [1.82, 2.24) is 25.0 Å². The second-order valence-corrected chi connectivity index (χ2v) is 8.58. The van der Waals surface area contributed by atoms with Crippen LogP contribution in [0.4, 0.5) is 15.9 Å². The maximum atomic E-state index is 14.8. The minimum absolute atomic E-state index is 0.0654. The third-order valence-electron chi connectivity index (χ3n) is 6.35. The molecule has 0 spiro atoms. The Morgan fingerprint density at radius 2 is 1.89 bits per heavy atom. The second-order valence-electron chi connectivity index (χ2n) is 8.58. The van der Waals surface area contributed by atoms with E-state index in [-0.39, 0.29) is 11.7 Å². The number of nitrogens with one attached hydrogen (secondary N) is 2. The zero-order valence-electron chi connectivity index (χ0n) is 21.9. The smallest absolute Gasteiger partial charge is 0.251 e. The number of aromatic nitrogens is 3. The lowest BCUT2D eigenvalue weighted by atomic mass is 10.0. The van der Waals surface area contributed by atoms with Gasteiger partial charge < -0.3 is 20.3 Å². The molecule has 2 heterocycles. The molecule has 0 unspecified atom stereocenters. The highest BCUT2D eigenvalue weighted by Gasteiger charge is 2.15. The van der Waals surface area contributed by atoms with Crippen LogP contribution in [0.25, 0.3) is 0 Å². The summed E-state index contributed by atoms with van der Waals surface area (Å²) in [7, 11) is 2.94. The quantitative estimate of drug-likeness (QED) is 0.369. The van der Waals surface area contributed by atoms with Crippen LogP contribution in [0.5, 0.6) is 5.75 Å². The number of hydrogen-bond donors (Lipinski definition) is 2. The summed E-state index contributed by atoms with van der Waals surface area (Å²) in [6.07, 6.45) is 7.42. The van der Waals surface area contributed by atoms with Crippen molar-refractivity contribution in [1.29, 1.82) is 0 Å². The molecule has 1 amide bonds. The van der Waals surface area contributed by atoms with E-state index in [0.717, 1.165) is 55.2 Å². The normalized spacial score (nSPS) is 11.1. The number of carbonyl (C=O) groups excluding carboxylic acids is 1. The summed E-state index contributed by atoms with van der Waals surface area (Å²) in [6, 6.07) is 5.09. The first-order valence-corrected chi connectivity index (χ1v) is 12.5. The van der Waals surface area contributed by atoms with Crippen LogP contribution < -0.4 is 15.4 Å². The Bertz CT molecular complexity index is 1160. The van der Waals surface area contributed by atoms with Gasteiger partial charge in [-0.05, 0) is 61.2 Å². The Hall–Kier alpha value is -3.46. The van der Waals surface area contributed by atoms with Gasteiger partial charge in [-0.15, -0.1) is 0 Å². The highest BCUT2D eigenvalue weighted by atomic mass is 19.1. The predicted molar refractivity (Wildman–Crippen MR) is 141 cm³/mol. The summed E-state index contributed by atoms with van der Waals surface area (Å²) in [4.78, 5) is 19.1. The minimum Gasteiger partial charge on any atom is -0.494 e. The Labute approximate surface area is 212 Å². The zero-order valence-corrected chi connectivity index (χ0v) is 21.9. The summed E-state index contributed by atoms with van der Waals surface area (Å²) < 4.78 is 21.9.